The van der Waals surface area contributed by atoms with Crippen LogP contribution in [-0.4, -0.2) is 25.3 Å². The molecule has 2 atom stereocenters. The number of esters is 1. The van der Waals surface area contributed by atoms with Crippen molar-refractivity contribution in [2.75, 3.05) is 13.2 Å². The molecular weight excluding hydrogens is 180 g/mol. The second-order valence-electron chi connectivity index (χ2n) is 3.91. The van der Waals surface area contributed by atoms with Crippen molar-refractivity contribution < 1.29 is 14.3 Å². The van der Waals surface area contributed by atoms with E-state index in [9.17, 15) is 4.79 Å². The third-order valence-electron chi connectivity index (χ3n) is 2.69. The average molecular weight is 200 g/mol. The van der Waals surface area contributed by atoms with Crippen LogP contribution in [0.1, 0.15) is 39.5 Å². The van der Waals surface area contributed by atoms with Gasteiger partial charge in [0.25, 0.3) is 0 Å². The summed E-state index contributed by atoms with van der Waals surface area (Å²) in [6.45, 7) is 5.03. The first kappa shape index (κ1) is 11.5. The predicted molar refractivity (Wildman–Crippen MR) is 54.0 cm³/mol. The lowest BCUT2D eigenvalue weighted by Gasteiger charge is -2.30. The van der Waals surface area contributed by atoms with Crippen molar-refractivity contribution in [3.8, 4) is 0 Å². The van der Waals surface area contributed by atoms with Crippen molar-refractivity contribution in [3.05, 3.63) is 0 Å². The van der Waals surface area contributed by atoms with Gasteiger partial charge in [-0.3, -0.25) is 4.79 Å². The first-order valence-corrected chi connectivity index (χ1v) is 5.49. The van der Waals surface area contributed by atoms with Crippen LogP contribution in [0.15, 0.2) is 0 Å². The molecule has 1 rings (SSSR count). The molecule has 1 saturated heterocycles. The molecule has 0 bridgehead atoms. The number of carbonyl (C=O) groups is 1. The third-order valence-corrected chi connectivity index (χ3v) is 2.69. The molecular formula is C11H20O3. The number of hydrogen-bond donors (Lipinski definition) is 0. The molecule has 0 spiro atoms. The van der Waals surface area contributed by atoms with E-state index in [4.69, 9.17) is 9.47 Å². The Balaban J connectivity index is 2.37. The molecule has 0 aliphatic carbocycles. The van der Waals surface area contributed by atoms with E-state index in [1.807, 2.05) is 0 Å². The summed E-state index contributed by atoms with van der Waals surface area (Å²) < 4.78 is 10.6. The Kier molecular flexibility index (Phi) is 4.94. The number of rotatable bonds is 4. The maximum atomic E-state index is 10.9. The molecule has 0 radical (unpaired) electrons. The predicted octanol–water partition coefficient (Wildman–Crippen LogP) is 2.14. The lowest BCUT2D eigenvalue weighted by atomic mass is 9.91. The Labute approximate surface area is 85.8 Å². The van der Waals surface area contributed by atoms with E-state index in [2.05, 4.69) is 6.92 Å². The highest BCUT2D eigenvalue weighted by Crippen LogP contribution is 2.23. The van der Waals surface area contributed by atoms with Gasteiger partial charge in [-0.1, -0.05) is 19.8 Å². The van der Waals surface area contributed by atoms with Crippen LogP contribution in [0, 0.1) is 5.92 Å². The van der Waals surface area contributed by atoms with Crippen molar-refractivity contribution in [1.82, 2.24) is 0 Å². The van der Waals surface area contributed by atoms with Gasteiger partial charge in [0.2, 0.25) is 0 Å². The summed E-state index contributed by atoms with van der Waals surface area (Å²) in [6, 6.07) is 0. The number of unbranched alkanes of at least 4 members (excludes halogenated alkanes) is 1. The minimum Gasteiger partial charge on any atom is -0.460 e. The highest BCUT2D eigenvalue weighted by molar-refractivity contribution is 5.66. The Morgan fingerprint density at radius 3 is 3.00 bits per heavy atom. The molecule has 82 valence electrons. The van der Waals surface area contributed by atoms with Gasteiger partial charge in [-0.15, -0.1) is 0 Å². The average Bonchev–Trinajstić information content (AvgIpc) is 2.16. The van der Waals surface area contributed by atoms with Gasteiger partial charge in [-0.25, -0.2) is 0 Å². The SMILES string of the molecule is CCCC[C@@H]1CCOC[C@H]1OC(C)=O. The number of carbonyl (C=O) groups excluding carboxylic acids is 1. The molecule has 1 fully saturated rings. The van der Waals surface area contributed by atoms with Crippen LogP contribution in [-0.2, 0) is 14.3 Å². The zero-order chi connectivity index (χ0) is 10.4. The van der Waals surface area contributed by atoms with E-state index in [1.165, 1.54) is 19.8 Å². The van der Waals surface area contributed by atoms with Gasteiger partial charge in [-0.05, 0) is 12.8 Å². The molecule has 3 nitrogen and oxygen atoms in total. The molecule has 1 heterocycles. The summed E-state index contributed by atoms with van der Waals surface area (Å²) in [4.78, 5) is 10.9. The van der Waals surface area contributed by atoms with Crippen molar-refractivity contribution in [2.45, 2.75) is 45.6 Å². The van der Waals surface area contributed by atoms with Gasteiger partial charge < -0.3 is 9.47 Å². The topological polar surface area (TPSA) is 35.5 Å². The quantitative estimate of drug-likeness (QED) is 0.652. The molecule has 0 amide bonds. The minimum atomic E-state index is -0.193. The molecule has 0 aromatic rings. The van der Waals surface area contributed by atoms with Gasteiger partial charge in [0.05, 0.1) is 6.61 Å². The lowest BCUT2D eigenvalue weighted by molar-refractivity contribution is -0.158. The first-order chi connectivity index (χ1) is 6.74. The van der Waals surface area contributed by atoms with E-state index in [0.717, 1.165) is 19.4 Å². The molecule has 0 aromatic carbocycles. The van der Waals surface area contributed by atoms with Gasteiger partial charge >= 0.3 is 5.97 Å². The van der Waals surface area contributed by atoms with Crippen molar-refractivity contribution in [1.29, 1.82) is 0 Å². The van der Waals surface area contributed by atoms with Crippen LogP contribution in [0.3, 0.4) is 0 Å². The summed E-state index contributed by atoms with van der Waals surface area (Å²) in [7, 11) is 0. The molecule has 0 N–H and O–H groups in total. The largest absolute Gasteiger partial charge is 0.460 e. The Bertz CT molecular complexity index is 179. The van der Waals surface area contributed by atoms with Crippen LogP contribution in [0.4, 0.5) is 0 Å². The normalized spacial score (nSPS) is 27.3. The zero-order valence-electron chi connectivity index (χ0n) is 9.12. The van der Waals surface area contributed by atoms with Gasteiger partial charge in [-0.2, -0.15) is 0 Å². The summed E-state index contributed by atoms with van der Waals surface area (Å²) in [5.41, 5.74) is 0. The van der Waals surface area contributed by atoms with E-state index in [0.29, 0.717) is 12.5 Å². The summed E-state index contributed by atoms with van der Waals surface area (Å²) in [6.07, 6.45) is 4.58. The molecule has 1 aliphatic heterocycles. The second kappa shape index (κ2) is 6.02. The highest BCUT2D eigenvalue weighted by atomic mass is 16.6. The Morgan fingerprint density at radius 2 is 2.36 bits per heavy atom. The van der Waals surface area contributed by atoms with E-state index in [-0.39, 0.29) is 12.1 Å². The highest BCUT2D eigenvalue weighted by Gasteiger charge is 2.27. The standard InChI is InChI=1S/C11H20O3/c1-3-4-5-10-6-7-13-8-11(10)14-9(2)12/h10-11H,3-8H2,1-2H3/t10-,11-/m1/s1. The number of hydrogen-bond acceptors (Lipinski definition) is 3. The van der Waals surface area contributed by atoms with E-state index < -0.39 is 0 Å². The summed E-state index contributed by atoms with van der Waals surface area (Å²) in [5.74, 6) is 0.314. The van der Waals surface area contributed by atoms with Gasteiger partial charge in [0, 0.05) is 19.4 Å². The monoisotopic (exact) mass is 200 g/mol. The van der Waals surface area contributed by atoms with Crippen LogP contribution in [0.5, 0.6) is 0 Å². The Hall–Kier alpha value is -0.570. The van der Waals surface area contributed by atoms with E-state index in [1.54, 1.807) is 0 Å². The van der Waals surface area contributed by atoms with Gasteiger partial charge in [0.15, 0.2) is 0 Å². The fraction of sp³-hybridized carbons (Fsp3) is 0.909. The number of ether oxygens (including phenoxy) is 2. The molecule has 0 unspecified atom stereocenters. The fourth-order valence-electron chi connectivity index (χ4n) is 1.90. The summed E-state index contributed by atoms with van der Waals surface area (Å²) >= 11 is 0. The van der Waals surface area contributed by atoms with Crippen LogP contribution < -0.4 is 0 Å². The second-order valence-corrected chi connectivity index (χ2v) is 3.91. The van der Waals surface area contributed by atoms with Crippen molar-refractivity contribution in [2.24, 2.45) is 5.92 Å². The fourth-order valence-corrected chi connectivity index (χ4v) is 1.90. The first-order valence-electron chi connectivity index (χ1n) is 5.49. The molecule has 0 saturated carbocycles. The van der Waals surface area contributed by atoms with Crippen LogP contribution in [0.25, 0.3) is 0 Å². The molecule has 14 heavy (non-hydrogen) atoms. The Morgan fingerprint density at radius 1 is 1.57 bits per heavy atom. The van der Waals surface area contributed by atoms with Crippen molar-refractivity contribution in [3.63, 3.8) is 0 Å². The maximum absolute atomic E-state index is 10.9. The molecule has 3 heteroatoms. The van der Waals surface area contributed by atoms with Crippen molar-refractivity contribution >= 4 is 5.97 Å². The van der Waals surface area contributed by atoms with Crippen LogP contribution >= 0.6 is 0 Å². The molecule has 1 aliphatic rings. The molecule has 0 aromatic heterocycles. The lowest BCUT2D eigenvalue weighted by Crippen LogP contribution is -2.35. The minimum absolute atomic E-state index is 0.00667. The van der Waals surface area contributed by atoms with Crippen LogP contribution in [0.2, 0.25) is 0 Å². The third kappa shape index (κ3) is 3.66. The smallest absolute Gasteiger partial charge is 0.302 e. The van der Waals surface area contributed by atoms with E-state index >= 15 is 0 Å². The van der Waals surface area contributed by atoms with Gasteiger partial charge in [0.1, 0.15) is 6.10 Å². The summed E-state index contributed by atoms with van der Waals surface area (Å²) in [5, 5.41) is 0. The maximum Gasteiger partial charge on any atom is 0.302 e. The zero-order valence-corrected chi connectivity index (χ0v) is 9.12.